The first kappa shape index (κ1) is 9.18. The largest absolute Gasteiger partial charge is 0.392 e. The van der Waals surface area contributed by atoms with Crippen LogP contribution in [-0.2, 0) is 6.61 Å². The van der Waals surface area contributed by atoms with Crippen LogP contribution in [0.1, 0.15) is 5.56 Å². The Labute approximate surface area is 85.8 Å². The van der Waals surface area contributed by atoms with Crippen molar-refractivity contribution in [3.63, 3.8) is 0 Å². The number of aliphatic hydroxyl groups is 1. The number of hydrogen-bond donors (Lipinski definition) is 1. The summed E-state index contributed by atoms with van der Waals surface area (Å²) >= 11 is 5.73. The Morgan fingerprint density at radius 3 is 2.93 bits per heavy atom. The molecule has 2 heterocycles. The second-order valence-electron chi connectivity index (χ2n) is 2.77. The van der Waals surface area contributed by atoms with Gasteiger partial charge < -0.3 is 5.11 Å². The van der Waals surface area contributed by atoms with E-state index in [1.165, 1.54) is 0 Å². The molecule has 0 fully saturated rings. The van der Waals surface area contributed by atoms with Crippen molar-refractivity contribution < 1.29 is 5.11 Å². The van der Waals surface area contributed by atoms with Crippen molar-refractivity contribution in [3.05, 3.63) is 41.3 Å². The van der Waals surface area contributed by atoms with Crippen LogP contribution in [-0.4, -0.2) is 19.9 Å². The molecule has 2 rings (SSSR count). The van der Waals surface area contributed by atoms with Crippen molar-refractivity contribution in [1.82, 2.24) is 14.8 Å². The van der Waals surface area contributed by atoms with Crippen LogP contribution in [0.5, 0.6) is 0 Å². The summed E-state index contributed by atoms with van der Waals surface area (Å²) in [5, 5.41) is 13.3. The lowest BCUT2D eigenvalue weighted by Crippen LogP contribution is -1.97. The molecule has 72 valence electrons. The van der Waals surface area contributed by atoms with E-state index >= 15 is 0 Å². The zero-order valence-corrected chi connectivity index (χ0v) is 8.02. The number of aromatic nitrogens is 3. The Bertz CT molecular complexity index is 441. The minimum absolute atomic E-state index is 0.0272. The molecule has 14 heavy (non-hydrogen) atoms. The summed E-state index contributed by atoms with van der Waals surface area (Å²) in [6.45, 7) is -0.0272. The highest BCUT2D eigenvalue weighted by atomic mass is 35.5. The quantitative estimate of drug-likeness (QED) is 0.761. The summed E-state index contributed by atoms with van der Waals surface area (Å²) in [5.74, 6) is 0.636. The average Bonchev–Trinajstić information content (AvgIpc) is 2.66. The second-order valence-corrected chi connectivity index (χ2v) is 3.16. The van der Waals surface area contributed by atoms with Gasteiger partial charge >= 0.3 is 0 Å². The fraction of sp³-hybridized carbons (Fsp3) is 0.111. The maximum absolute atomic E-state index is 8.85. The molecule has 0 amide bonds. The molecule has 0 aromatic carbocycles. The molecule has 1 N–H and O–H groups in total. The van der Waals surface area contributed by atoms with Crippen LogP contribution < -0.4 is 0 Å². The highest BCUT2D eigenvalue weighted by Gasteiger charge is 2.01. The molecule has 0 spiro atoms. The van der Waals surface area contributed by atoms with Gasteiger partial charge in [-0.1, -0.05) is 17.7 Å². The van der Waals surface area contributed by atoms with Crippen LogP contribution in [0.25, 0.3) is 5.82 Å². The van der Waals surface area contributed by atoms with Crippen molar-refractivity contribution in [3.8, 4) is 5.82 Å². The number of pyridine rings is 1. The third-order valence-electron chi connectivity index (χ3n) is 1.75. The molecule has 0 bridgehead atoms. The topological polar surface area (TPSA) is 50.9 Å². The van der Waals surface area contributed by atoms with Crippen molar-refractivity contribution in [2.45, 2.75) is 6.61 Å². The second kappa shape index (κ2) is 3.77. The summed E-state index contributed by atoms with van der Waals surface area (Å²) in [6.07, 6.45) is 3.29. The summed E-state index contributed by atoms with van der Waals surface area (Å²) < 4.78 is 1.57. The lowest BCUT2D eigenvalue weighted by molar-refractivity contribution is 0.282. The monoisotopic (exact) mass is 209 g/mol. The van der Waals surface area contributed by atoms with E-state index in [0.717, 1.165) is 5.56 Å². The molecule has 2 aromatic heterocycles. The molecule has 0 aliphatic carbocycles. The highest BCUT2D eigenvalue weighted by Crippen LogP contribution is 2.09. The van der Waals surface area contributed by atoms with E-state index in [1.54, 1.807) is 35.3 Å². The van der Waals surface area contributed by atoms with Gasteiger partial charge in [0.2, 0.25) is 0 Å². The van der Waals surface area contributed by atoms with E-state index in [-0.39, 0.29) is 6.61 Å². The summed E-state index contributed by atoms with van der Waals surface area (Å²) in [7, 11) is 0. The highest BCUT2D eigenvalue weighted by molar-refractivity contribution is 6.29. The Kier molecular flexibility index (Phi) is 2.47. The lowest BCUT2D eigenvalue weighted by Gasteiger charge is -1.99. The van der Waals surface area contributed by atoms with Crippen molar-refractivity contribution in [1.29, 1.82) is 0 Å². The van der Waals surface area contributed by atoms with E-state index in [4.69, 9.17) is 16.7 Å². The molecular weight excluding hydrogens is 202 g/mol. The Balaban J connectivity index is 2.39. The van der Waals surface area contributed by atoms with Gasteiger partial charge in [0.15, 0.2) is 5.82 Å². The van der Waals surface area contributed by atoms with Crippen LogP contribution in [0.4, 0.5) is 0 Å². The van der Waals surface area contributed by atoms with Crippen LogP contribution in [0.3, 0.4) is 0 Å². The third kappa shape index (κ3) is 1.76. The van der Waals surface area contributed by atoms with Gasteiger partial charge in [0.25, 0.3) is 0 Å². The standard InChI is InChI=1S/C9H8ClN3O/c10-8-2-1-3-9(12-8)13-5-7(6-14)4-11-13/h1-5,14H,6H2. The molecule has 5 heteroatoms. The minimum Gasteiger partial charge on any atom is -0.392 e. The molecule has 4 nitrogen and oxygen atoms in total. The Morgan fingerprint density at radius 1 is 1.43 bits per heavy atom. The van der Waals surface area contributed by atoms with Gasteiger partial charge in [-0.3, -0.25) is 0 Å². The first-order valence-electron chi connectivity index (χ1n) is 4.07. The Morgan fingerprint density at radius 2 is 2.29 bits per heavy atom. The van der Waals surface area contributed by atoms with Crippen LogP contribution >= 0.6 is 11.6 Å². The van der Waals surface area contributed by atoms with Gasteiger partial charge in [0.1, 0.15) is 5.15 Å². The minimum atomic E-state index is -0.0272. The summed E-state index contributed by atoms with van der Waals surface area (Å²) in [6, 6.07) is 5.28. The first-order valence-corrected chi connectivity index (χ1v) is 4.45. The number of aliphatic hydroxyl groups excluding tert-OH is 1. The molecule has 0 unspecified atom stereocenters. The van der Waals surface area contributed by atoms with Crippen LogP contribution in [0.15, 0.2) is 30.6 Å². The van der Waals surface area contributed by atoms with Gasteiger partial charge in [0, 0.05) is 11.8 Å². The van der Waals surface area contributed by atoms with Gasteiger partial charge in [-0.25, -0.2) is 9.67 Å². The number of rotatable bonds is 2. The number of halogens is 1. The molecule has 0 aliphatic rings. The third-order valence-corrected chi connectivity index (χ3v) is 1.96. The van der Waals surface area contributed by atoms with Gasteiger partial charge in [-0.2, -0.15) is 5.10 Å². The maximum Gasteiger partial charge on any atom is 0.155 e. The summed E-state index contributed by atoms with van der Waals surface area (Å²) in [4.78, 5) is 4.08. The first-order chi connectivity index (χ1) is 6.79. The maximum atomic E-state index is 8.85. The molecule has 0 saturated carbocycles. The average molecular weight is 210 g/mol. The van der Waals surface area contributed by atoms with Gasteiger partial charge in [0.05, 0.1) is 12.8 Å². The predicted molar refractivity (Wildman–Crippen MR) is 52.3 cm³/mol. The van der Waals surface area contributed by atoms with E-state index < -0.39 is 0 Å². The van der Waals surface area contributed by atoms with E-state index in [0.29, 0.717) is 11.0 Å². The molecular formula is C9H8ClN3O. The number of nitrogens with zero attached hydrogens (tertiary/aromatic N) is 3. The fourth-order valence-electron chi connectivity index (χ4n) is 1.09. The number of hydrogen-bond acceptors (Lipinski definition) is 3. The SMILES string of the molecule is OCc1cnn(-c2cccc(Cl)n2)c1. The molecule has 0 aliphatic heterocycles. The normalized spacial score (nSPS) is 10.4. The molecule has 0 radical (unpaired) electrons. The zero-order chi connectivity index (χ0) is 9.97. The van der Waals surface area contributed by atoms with Crippen molar-refractivity contribution in [2.75, 3.05) is 0 Å². The summed E-state index contributed by atoms with van der Waals surface area (Å²) in [5.41, 5.74) is 0.742. The van der Waals surface area contributed by atoms with E-state index in [2.05, 4.69) is 10.1 Å². The van der Waals surface area contributed by atoms with E-state index in [9.17, 15) is 0 Å². The van der Waals surface area contributed by atoms with Crippen molar-refractivity contribution >= 4 is 11.6 Å². The smallest absolute Gasteiger partial charge is 0.155 e. The predicted octanol–water partition coefficient (Wildman–Crippen LogP) is 1.41. The molecule has 0 saturated heterocycles. The van der Waals surface area contributed by atoms with Gasteiger partial charge in [-0.05, 0) is 12.1 Å². The lowest BCUT2D eigenvalue weighted by atomic mass is 10.4. The van der Waals surface area contributed by atoms with Crippen LogP contribution in [0, 0.1) is 0 Å². The Hall–Kier alpha value is -1.39. The van der Waals surface area contributed by atoms with Gasteiger partial charge in [-0.15, -0.1) is 0 Å². The zero-order valence-electron chi connectivity index (χ0n) is 7.26. The fourth-order valence-corrected chi connectivity index (χ4v) is 1.25. The van der Waals surface area contributed by atoms with Crippen LogP contribution in [0.2, 0.25) is 5.15 Å². The van der Waals surface area contributed by atoms with E-state index in [1.807, 2.05) is 0 Å². The van der Waals surface area contributed by atoms with Crippen molar-refractivity contribution in [2.24, 2.45) is 0 Å². The molecule has 0 atom stereocenters. The molecule has 2 aromatic rings.